The van der Waals surface area contributed by atoms with E-state index in [0.717, 1.165) is 11.3 Å². The highest BCUT2D eigenvalue weighted by molar-refractivity contribution is 5.76. The Hall–Kier alpha value is -1.55. The maximum Gasteiger partial charge on any atom is 0.220 e. The first-order valence-electron chi connectivity index (χ1n) is 6.91. The van der Waals surface area contributed by atoms with Gasteiger partial charge in [0.25, 0.3) is 0 Å². The SMILES string of the molecule is CN(C)c1ccc(C(O)CNC(=O)CC(C)(C)C)cc1. The number of nitrogens with zero attached hydrogens (tertiary/aromatic N) is 1. The molecule has 4 heteroatoms. The van der Waals surface area contributed by atoms with Crippen molar-refractivity contribution < 1.29 is 9.90 Å². The third-order valence-electron chi connectivity index (χ3n) is 2.98. The molecule has 0 bridgehead atoms. The van der Waals surface area contributed by atoms with Crippen molar-refractivity contribution in [2.75, 3.05) is 25.5 Å². The van der Waals surface area contributed by atoms with Gasteiger partial charge in [-0.3, -0.25) is 4.79 Å². The second kappa shape index (κ2) is 6.75. The molecule has 0 aliphatic carbocycles. The minimum atomic E-state index is -0.671. The zero-order chi connectivity index (χ0) is 15.3. The highest BCUT2D eigenvalue weighted by Gasteiger charge is 2.17. The first-order chi connectivity index (χ1) is 9.19. The van der Waals surface area contributed by atoms with Crippen molar-refractivity contribution in [3.05, 3.63) is 29.8 Å². The Kier molecular flexibility index (Phi) is 5.57. The number of benzene rings is 1. The molecule has 1 unspecified atom stereocenters. The Morgan fingerprint density at radius 2 is 1.80 bits per heavy atom. The van der Waals surface area contributed by atoms with E-state index in [2.05, 4.69) is 5.32 Å². The number of carbonyl (C=O) groups is 1. The van der Waals surface area contributed by atoms with Crippen molar-refractivity contribution in [1.82, 2.24) is 5.32 Å². The topological polar surface area (TPSA) is 52.6 Å². The van der Waals surface area contributed by atoms with Crippen LogP contribution in [0.2, 0.25) is 0 Å². The van der Waals surface area contributed by atoms with Crippen molar-refractivity contribution in [2.45, 2.75) is 33.3 Å². The molecule has 2 N–H and O–H groups in total. The molecule has 4 nitrogen and oxygen atoms in total. The molecule has 0 spiro atoms. The fraction of sp³-hybridized carbons (Fsp3) is 0.562. The summed E-state index contributed by atoms with van der Waals surface area (Å²) < 4.78 is 0. The van der Waals surface area contributed by atoms with E-state index in [1.54, 1.807) is 0 Å². The van der Waals surface area contributed by atoms with Gasteiger partial charge in [-0.25, -0.2) is 0 Å². The summed E-state index contributed by atoms with van der Waals surface area (Å²) in [5, 5.41) is 12.8. The lowest BCUT2D eigenvalue weighted by Gasteiger charge is -2.19. The van der Waals surface area contributed by atoms with Gasteiger partial charge in [0.1, 0.15) is 0 Å². The molecule has 1 atom stereocenters. The average Bonchev–Trinajstić information content (AvgIpc) is 2.34. The second-order valence-electron chi connectivity index (χ2n) is 6.54. The molecule has 1 rings (SSSR count). The van der Waals surface area contributed by atoms with Crippen molar-refractivity contribution in [3.8, 4) is 0 Å². The lowest BCUT2D eigenvalue weighted by molar-refractivity contribution is -0.123. The van der Waals surface area contributed by atoms with E-state index in [9.17, 15) is 9.90 Å². The first kappa shape index (κ1) is 16.5. The van der Waals surface area contributed by atoms with Crippen LogP contribution in [0, 0.1) is 5.41 Å². The predicted molar refractivity (Wildman–Crippen MR) is 82.8 cm³/mol. The maximum absolute atomic E-state index is 11.7. The Bertz CT molecular complexity index is 433. The van der Waals surface area contributed by atoms with Crippen LogP contribution in [0.15, 0.2) is 24.3 Å². The normalized spacial score (nSPS) is 12.9. The first-order valence-corrected chi connectivity index (χ1v) is 6.91. The summed E-state index contributed by atoms with van der Waals surface area (Å²) in [6.45, 7) is 6.30. The summed E-state index contributed by atoms with van der Waals surface area (Å²) in [4.78, 5) is 13.7. The number of carbonyl (C=O) groups excluding carboxylic acids is 1. The van der Waals surface area contributed by atoms with E-state index < -0.39 is 6.10 Å². The minimum absolute atomic E-state index is 0.0264. The summed E-state index contributed by atoms with van der Waals surface area (Å²) in [5.74, 6) is -0.0264. The lowest BCUT2D eigenvalue weighted by Crippen LogP contribution is -2.31. The van der Waals surface area contributed by atoms with Crippen LogP contribution < -0.4 is 10.2 Å². The number of amides is 1. The lowest BCUT2D eigenvalue weighted by atomic mass is 9.92. The van der Waals surface area contributed by atoms with Gasteiger partial charge >= 0.3 is 0 Å². The van der Waals surface area contributed by atoms with Gasteiger partial charge in [-0.1, -0.05) is 32.9 Å². The number of aliphatic hydroxyl groups excluding tert-OH is 1. The molecule has 0 saturated heterocycles. The van der Waals surface area contributed by atoms with Crippen LogP contribution in [-0.4, -0.2) is 31.7 Å². The Morgan fingerprint density at radius 3 is 2.25 bits per heavy atom. The number of rotatable bonds is 5. The molecule has 0 heterocycles. The van der Waals surface area contributed by atoms with E-state index in [0.29, 0.717) is 6.42 Å². The molecule has 0 aromatic heterocycles. The van der Waals surface area contributed by atoms with Gasteiger partial charge in [-0.15, -0.1) is 0 Å². The Balaban J connectivity index is 2.50. The van der Waals surface area contributed by atoms with Gasteiger partial charge in [0.2, 0.25) is 5.91 Å². The highest BCUT2D eigenvalue weighted by Crippen LogP contribution is 2.19. The van der Waals surface area contributed by atoms with Crippen LogP contribution in [0.5, 0.6) is 0 Å². The number of anilines is 1. The smallest absolute Gasteiger partial charge is 0.220 e. The van der Waals surface area contributed by atoms with Crippen LogP contribution in [-0.2, 0) is 4.79 Å². The average molecular weight is 278 g/mol. The third-order valence-corrected chi connectivity index (χ3v) is 2.98. The Morgan fingerprint density at radius 1 is 1.25 bits per heavy atom. The third kappa shape index (κ3) is 5.61. The molecule has 0 aliphatic rings. The van der Waals surface area contributed by atoms with Gasteiger partial charge in [-0.05, 0) is 23.1 Å². The van der Waals surface area contributed by atoms with Gasteiger partial charge in [0, 0.05) is 32.7 Å². The van der Waals surface area contributed by atoms with Crippen LogP contribution in [0.25, 0.3) is 0 Å². The van der Waals surface area contributed by atoms with E-state index in [1.807, 2.05) is 64.0 Å². The number of aliphatic hydroxyl groups is 1. The van der Waals surface area contributed by atoms with Gasteiger partial charge in [-0.2, -0.15) is 0 Å². The summed E-state index contributed by atoms with van der Waals surface area (Å²) in [5.41, 5.74) is 1.85. The zero-order valence-electron chi connectivity index (χ0n) is 13.1. The predicted octanol–water partition coefficient (Wildman–Crippen LogP) is 2.34. The molecule has 20 heavy (non-hydrogen) atoms. The molecular weight excluding hydrogens is 252 g/mol. The summed E-state index contributed by atoms with van der Waals surface area (Å²) >= 11 is 0. The summed E-state index contributed by atoms with van der Waals surface area (Å²) in [7, 11) is 3.94. The zero-order valence-corrected chi connectivity index (χ0v) is 13.1. The largest absolute Gasteiger partial charge is 0.387 e. The van der Waals surface area contributed by atoms with E-state index in [4.69, 9.17) is 0 Å². The van der Waals surface area contributed by atoms with Crippen LogP contribution in [0.3, 0.4) is 0 Å². The summed E-state index contributed by atoms with van der Waals surface area (Å²) in [6, 6.07) is 7.68. The van der Waals surface area contributed by atoms with Crippen LogP contribution >= 0.6 is 0 Å². The number of hydrogen-bond acceptors (Lipinski definition) is 3. The quantitative estimate of drug-likeness (QED) is 0.869. The fourth-order valence-electron chi connectivity index (χ4n) is 1.87. The summed E-state index contributed by atoms with van der Waals surface area (Å²) in [6.07, 6.45) is -0.214. The standard InChI is InChI=1S/C16H26N2O2/c1-16(2,3)10-15(20)17-11-14(19)12-6-8-13(9-7-12)18(4)5/h6-9,14,19H,10-11H2,1-5H3,(H,17,20). The van der Waals surface area contributed by atoms with Crippen LogP contribution in [0.4, 0.5) is 5.69 Å². The fourth-order valence-corrected chi connectivity index (χ4v) is 1.87. The van der Waals surface area contributed by atoms with Crippen molar-refractivity contribution in [1.29, 1.82) is 0 Å². The molecule has 0 fully saturated rings. The molecular formula is C16H26N2O2. The molecule has 1 aromatic carbocycles. The van der Waals surface area contributed by atoms with E-state index in [-0.39, 0.29) is 17.9 Å². The number of nitrogens with one attached hydrogen (secondary N) is 1. The molecule has 1 aromatic rings. The van der Waals surface area contributed by atoms with E-state index >= 15 is 0 Å². The maximum atomic E-state index is 11.7. The molecule has 0 aliphatic heterocycles. The van der Waals surface area contributed by atoms with Crippen LogP contribution in [0.1, 0.15) is 38.9 Å². The number of hydrogen-bond donors (Lipinski definition) is 2. The van der Waals surface area contributed by atoms with Gasteiger partial charge in [0.05, 0.1) is 6.10 Å². The molecule has 0 radical (unpaired) electrons. The molecule has 1 amide bonds. The monoisotopic (exact) mass is 278 g/mol. The second-order valence-corrected chi connectivity index (χ2v) is 6.54. The molecule has 112 valence electrons. The molecule has 0 saturated carbocycles. The van der Waals surface area contributed by atoms with Crippen molar-refractivity contribution >= 4 is 11.6 Å². The Labute approximate surface area is 121 Å². The van der Waals surface area contributed by atoms with Crippen molar-refractivity contribution in [2.24, 2.45) is 5.41 Å². The van der Waals surface area contributed by atoms with Crippen molar-refractivity contribution in [3.63, 3.8) is 0 Å². The minimum Gasteiger partial charge on any atom is -0.387 e. The van der Waals surface area contributed by atoms with Gasteiger partial charge < -0.3 is 15.3 Å². The van der Waals surface area contributed by atoms with Gasteiger partial charge in [0.15, 0.2) is 0 Å². The highest BCUT2D eigenvalue weighted by atomic mass is 16.3. The van der Waals surface area contributed by atoms with E-state index in [1.165, 1.54) is 0 Å².